The second-order valence-electron chi connectivity index (χ2n) is 5.50. The van der Waals surface area contributed by atoms with Gasteiger partial charge in [0.2, 0.25) is 11.7 Å². The van der Waals surface area contributed by atoms with Crippen LogP contribution in [0.5, 0.6) is 0 Å². The van der Waals surface area contributed by atoms with E-state index >= 15 is 0 Å². The first-order chi connectivity index (χ1) is 9.61. The van der Waals surface area contributed by atoms with Crippen LogP contribution in [0.2, 0.25) is 0 Å². The van der Waals surface area contributed by atoms with Gasteiger partial charge in [0, 0.05) is 6.42 Å². The Balaban J connectivity index is 2.16. The van der Waals surface area contributed by atoms with Gasteiger partial charge in [0.15, 0.2) is 0 Å². The minimum absolute atomic E-state index is 0.148. The van der Waals surface area contributed by atoms with Crippen LogP contribution in [0, 0.1) is 0 Å². The number of nitrogens with one attached hydrogen (secondary N) is 2. The number of amides is 2. The van der Waals surface area contributed by atoms with Gasteiger partial charge in [-0.2, -0.15) is 13.2 Å². The topological polar surface area (TPSA) is 71.3 Å². The van der Waals surface area contributed by atoms with Gasteiger partial charge in [-0.15, -0.1) is 0 Å². The molecule has 1 aromatic heterocycles. The number of carbonyl (C=O) groups is 2. The minimum Gasteiger partial charge on any atom is -0.459 e. The molecule has 1 unspecified atom stereocenters. The predicted octanol–water partition coefficient (Wildman–Crippen LogP) is 2.09. The van der Waals surface area contributed by atoms with E-state index in [1.165, 1.54) is 0 Å². The Morgan fingerprint density at radius 2 is 2.14 bits per heavy atom. The molecule has 2 rings (SSSR count). The molecule has 2 N–H and O–H groups in total. The van der Waals surface area contributed by atoms with E-state index < -0.39 is 35.0 Å². The van der Waals surface area contributed by atoms with Crippen LogP contribution >= 0.6 is 0 Å². The van der Waals surface area contributed by atoms with Gasteiger partial charge < -0.3 is 15.1 Å². The lowest BCUT2D eigenvalue weighted by Gasteiger charge is -2.39. The van der Waals surface area contributed by atoms with Crippen LogP contribution in [-0.2, 0) is 11.0 Å². The zero-order chi connectivity index (χ0) is 15.8. The van der Waals surface area contributed by atoms with Crippen LogP contribution in [0.15, 0.2) is 16.7 Å². The van der Waals surface area contributed by atoms with Crippen molar-refractivity contribution < 1.29 is 27.2 Å². The van der Waals surface area contributed by atoms with E-state index in [4.69, 9.17) is 0 Å². The molecule has 0 bridgehead atoms. The van der Waals surface area contributed by atoms with Gasteiger partial charge in [0.05, 0.1) is 23.4 Å². The molecule has 0 aromatic carbocycles. The predicted molar refractivity (Wildman–Crippen MR) is 66.4 cm³/mol. The Hall–Kier alpha value is -1.99. The molecule has 8 heteroatoms. The number of hydrogen-bond donors (Lipinski definition) is 2. The van der Waals surface area contributed by atoms with Gasteiger partial charge in [-0.25, -0.2) is 0 Å². The van der Waals surface area contributed by atoms with E-state index in [0.717, 1.165) is 12.3 Å². The highest BCUT2D eigenvalue weighted by atomic mass is 19.4. The van der Waals surface area contributed by atoms with Crippen molar-refractivity contribution in [2.75, 3.05) is 0 Å². The minimum atomic E-state index is -4.73. The zero-order valence-corrected chi connectivity index (χ0v) is 11.5. The van der Waals surface area contributed by atoms with Crippen molar-refractivity contribution in [3.8, 4) is 0 Å². The SMILES string of the molecule is CC1(C)NC(=O)CCC1NC(=O)c1ccoc1C(F)(F)F. The highest BCUT2D eigenvalue weighted by Gasteiger charge is 2.41. The average molecular weight is 304 g/mol. The van der Waals surface area contributed by atoms with Crippen molar-refractivity contribution in [1.29, 1.82) is 0 Å². The van der Waals surface area contributed by atoms with Crippen LogP contribution in [0.4, 0.5) is 13.2 Å². The summed E-state index contributed by atoms with van der Waals surface area (Å²) in [5.41, 5.74) is -1.29. The summed E-state index contributed by atoms with van der Waals surface area (Å²) in [6.07, 6.45) is -3.33. The molecule has 2 heterocycles. The molecular weight excluding hydrogens is 289 g/mol. The molecule has 0 radical (unpaired) electrons. The van der Waals surface area contributed by atoms with Gasteiger partial charge in [0.1, 0.15) is 0 Å². The zero-order valence-electron chi connectivity index (χ0n) is 11.5. The molecule has 0 aliphatic carbocycles. The van der Waals surface area contributed by atoms with Gasteiger partial charge in [-0.3, -0.25) is 9.59 Å². The maximum atomic E-state index is 12.7. The third kappa shape index (κ3) is 3.20. The molecule has 1 aromatic rings. The fraction of sp³-hybridized carbons (Fsp3) is 0.538. The van der Waals surface area contributed by atoms with Crippen molar-refractivity contribution in [3.63, 3.8) is 0 Å². The number of alkyl halides is 3. The third-order valence-electron chi connectivity index (χ3n) is 3.47. The van der Waals surface area contributed by atoms with E-state index in [1.807, 2.05) is 0 Å². The second kappa shape index (κ2) is 5.09. The molecule has 1 aliphatic heterocycles. The summed E-state index contributed by atoms with van der Waals surface area (Å²) in [7, 11) is 0. The average Bonchev–Trinajstić information content (AvgIpc) is 2.80. The van der Waals surface area contributed by atoms with E-state index in [2.05, 4.69) is 15.1 Å². The molecule has 2 amide bonds. The Morgan fingerprint density at radius 1 is 1.48 bits per heavy atom. The first-order valence-corrected chi connectivity index (χ1v) is 6.38. The maximum Gasteiger partial charge on any atom is 0.450 e. The highest BCUT2D eigenvalue weighted by Crippen LogP contribution is 2.33. The molecule has 21 heavy (non-hydrogen) atoms. The standard InChI is InChI=1S/C13H15F3N2O3/c1-12(2)8(3-4-9(19)18-12)17-11(20)7-5-6-21-10(7)13(14,15)16/h5-6,8H,3-4H2,1-2H3,(H,17,20)(H,18,19). The summed E-state index contributed by atoms with van der Waals surface area (Å²) < 4.78 is 42.4. The number of rotatable bonds is 2. The first kappa shape index (κ1) is 15.4. The molecule has 0 spiro atoms. The fourth-order valence-electron chi connectivity index (χ4n) is 2.34. The van der Waals surface area contributed by atoms with Gasteiger partial charge in [0.25, 0.3) is 5.91 Å². The van der Waals surface area contributed by atoms with Crippen LogP contribution in [-0.4, -0.2) is 23.4 Å². The molecule has 1 atom stereocenters. The van der Waals surface area contributed by atoms with Crippen molar-refractivity contribution in [3.05, 3.63) is 23.7 Å². The van der Waals surface area contributed by atoms with E-state index in [9.17, 15) is 22.8 Å². The Bertz CT molecular complexity index is 563. The largest absolute Gasteiger partial charge is 0.459 e. The number of furan rings is 1. The summed E-state index contributed by atoms with van der Waals surface area (Å²) in [5.74, 6) is -2.34. The molecule has 1 fully saturated rings. The van der Waals surface area contributed by atoms with Crippen molar-refractivity contribution in [2.24, 2.45) is 0 Å². The third-order valence-corrected chi connectivity index (χ3v) is 3.47. The molecule has 1 saturated heterocycles. The van der Waals surface area contributed by atoms with Gasteiger partial charge >= 0.3 is 6.18 Å². The van der Waals surface area contributed by atoms with Crippen LogP contribution < -0.4 is 10.6 Å². The molecule has 116 valence electrons. The van der Waals surface area contributed by atoms with Crippen LogP contribution in [0.1, 0.15) is 42.8 Å². The van der Waals surface area contributed by atoms with E-state index in [-0.39, 0.29) is 12.3 Å². The lowest BCUT2D eigenvalue weighted by molar-refractivity contribution is -0.153. The molecule has 0 saturated carbocycles. The summed E-state index contributed by atoms with van der Waals surface area (Å²) in [5, 5.41) is 5.23. The maximum absolute atomic E-state index is 12.7. The van der Waals surface area contributed by atoms with Crippen molar-refractivity contribution in [2.45, 2.75) is 44.4 Å². The summed E-state index contributed by atoms with van der Waals surface area (Å²) in [6, 6.07) is 0.519. The van der Waals surface area contributed by atoms with Crippen LogP contribution in [0.25, 0.3) is 0 Å². The Labute approximate surface area is 118 Å². The quantitative estimate of drug-likeness (QED) is 0.879. The summed E-state index contributed by atoms with van der Waals surface area (Å²) >= 11 is 0. The monoisotopic (exact) mass is 304 g/mol. The lowest BCUT2D eigenvalue weighted by atomic mass is 9.86. The van der Waals surface area contributed by atoms with Gasteiger partial charge in [-0.1, -0.05) is 0 Å². The molecule has 1 aliphatic rings. The normalized spacial score (nSPS) is 21.8. The smallest absolute Gasteiger partial charge is 0.450 e. The first-order valence-electron chi connectivity index (χ1n) is 6.38. The molecular formula is C13H15F3N2O3. The van der Waals surface area contributed by atoms with Crippen molar-refractivity contribution in [1.82, 2.24) is 10.6 Å². The fourth-order valence-corrected chi connectivity index (χ4v) is 2.34. The number of hydrogen-bond acceptors (Lipinski definition) is 3. The number of carbonyl (C=O) groups excluding carboxylic acids is 2. The van der Waals surface area contributed by atoms with Crippen LogP contribution in [0.3, 0.4) is 0 Å². The Morgan fingerprint density at radius 3 is 2.71 bits per heavy atom. The summed E-state index contributed by atoms with van der Waals surface area (Å²) in [4.78, 5) is 23.4. The highest BCUT2D eigenvalue weighted by molar-refractivity contribution is 5.95. The van der Waals surface area contributed by atoms with E-state index in [1.54, 1.807) is 13.8 Å². The second-order valence-corrected chi connectivity index (χ2v) is 5.50. The summed E-state index contributed by atoms with van der Waals surface area (Å²) in [6.45, 7) is 3.41. The molecule has 5 nitrogen and oxygen atoms in total. The van der Waals surface area contributed by atoms with Gasteiger partial charge in [-0.05, 0) is 26.3 Å². The number of piperidine rings is 1. The lowest BCUT2D eigenvalue weighted by Crippen LogP contribution is -2.62. The van der Waals surface area contributed by atoms with E-state index in [0.29, 0.717) is 6.42 Å². The number of halogens is 3. The van der Waals surface area contributed by atoms with Crippen molar-refractivity contribution >= 4 is 11.8 Å². The Kier molecular flexibility index (Phi) is 3.73.